The van der Waals surface area contributed by atoms with E-state index in [9.17, 15) is 13.2 Å². The van der Waals surface area contributed by atoms with Gasteiger partial charge < -0.3 is 9.64 Å². The number of benzene rings is 2. The van der Waals surface area contributed by atoms with E-state index in [-0.39, 0.29) is 16.3 Å². The van der Waals surface area contributed by atoms with Gasteiger partial charge in [-0.15, -0.1) is 0 Å². The van der Waals surface area contributed by atoms with Gasteiger partial charge in [0.1, 0.15) is 5.75 Å². The summed E-state index contributed by atoms with van der Waals surface area (Å²) >= 11 is 0. The minimum atomic E-state index is -3.30. The van der Waals surface area contributed by atoms with Crippen molar-refractivity contribution >= 4 is 21.4 Å². The molecule has 2 aromatic rings. The molecule has 1 atom stereocenters. The third kappa shape index (κ3) is 3.78. The summed E-state index contributed by atoms with van der Waals surface area (Å²) in [7, 11) is -3.30. The first-order chi connectivity index (χ1) is 13.0. The lowest BCUT2D eigenvalue weighted by molar-refractivity contribution is 0.0953. The fourth-order valence-electron chi connectivity index (χ4n) is 4.02. The normalized spacial score (nSPS) is 18.5. The van der Waals surface area contributed by atoms with Gasteiger partial charge in [0.25, 0.3) is 5.91 Å². The van der Waals surface area contributed by atoms with E-state index in [1.54, 1.807) is 12.1 Å². The Kier molecular flexibility index (Phi) is 5.28. The van der Waals surface area contributed by atoms with Crippen LogP contribution in [0.25, 0.3) is 0 Å². The van der Waals surface area contributed by atoms with Crippen LogP contribution >= 0.6 is 0 Å². The molecule has 150 valence electrons. The topological polar surface area (TPSA) is 63.7 Å². The molecule has 2 aromatic carbocycles. The maximum absolute atomic E-state index is 13.4. The quantitative estimate of drug-likeness (QED) is 0.761. The van der Waals surface area contributed by atoms with Gasteiger partial charge in [-0.25, -0.2) is 8.42 Å². The largest absolute Gasteiger partial charge is 0.494 e. The minimum absolute atomic E-state index is 0.137. The molecule has 1 amide bonds. The maximum atomic E-state index is 13.4. The molecule has 0 bridgehead atoms. The van der Waals surface area contributed by atoms with E-state index in [1.165, 1.54) is 12.1 Å². The third-order valence-electron chi connectivity index (χ3n) is 5.23. The molecule has 0 saturated carbocycles. The van der Waals surface area contributed by atoms with E-state index >= 15 is 0 Å². The molecular weight excluding hydrogens is 374 g/mol. The zero-order chi connectivity index (χ0) is 20.7. The monoisotopic (exact) mass is 401 g/mol. The molecule has 0 aromatic heterocycles. The smallest absolute Gasteiger partial charge is 0.258 e. The second-order valence-corrected chi connectivity index (χ2v) is 10.0. The highest BCUT2D eigenvalue weighted by Gasteiger charge is 2.40. The Morgan fingerprint density at radius 3 is 2.39 bits per heavy atom. The molecule has 1 aliphatic rings. The van der Waals surface area contributed by atoms with Crippen molar-refractivity contribution in [2.24, 2.45) is 0 Å². The molecule has 1 unspecified atom stereocenters. The van der Waals surface area contributed by atoms with Gasteiger partial charge in [0.2, 0.25) is 0 Å². The Hall–Kier alpha value is -2.34. The highest BCUT2D eigenvalue weighted by Crippen LogP contribution is 2.45. The average molecular weight is 402 g/mol. The Labute approximate surface area is 167 Å². The third-order valence-corrected chi connectivity index (χ3v) is 6.35. The summed E-state index contributed by atoms with van der Waals surface area (Å²) in [6.07, 6.45) is 1.98. The number of carbonyl (C=O) groups is 1. The van der Waals surface area contributed by atoms with E-state index in [1.807, 2.05) is 30.0 Å². The minimum Gasteiger partial charge on any atom is -0.494 e. The first kappa shape index (κ1) is 20.4. The van der Waals surface area contributed by atoms with Crippen molar-refractivity contribution in [2.75, 3.05) is 17.8 Å². The lowest BCUT2D eigenvalue weighted by Gasteiger charge is -2.46. The summed E-state index contributed by atoms with van der Waals surface area (Å²) in [5.74, 6) is 0.960. The number of ether oxygens (including phenoxy) is 1. The number of hydrogen-bond acceptors (Lipinski definition) is 4. The lowest BCUT2D eigenvalue weighted by Crippen LogP contribution is -2.51. The number of nitrogens with zero attached hydrogens (tertiary/aromatic N) is 1. The van der Waals surface area contributed by atoms with E-state index in [4.69, 9.17) is 4.74 Å². The molecule has 1 heterocycles. The number of fused-ring (bicyclic) bond motifs is 1. The Morgan fingerprint density at radius 1 is 1.18 bits per heavy atom. The number of rotatable bonds is 4. The molecule has 0 spiro atoms. The van der Waals surface area contributed by atoms with Gasteiger partial charge >= 0.3 is 0 Å². The van der Waals surface area contributed by atoms with Crippen LogP contribution in [0, 0.1) is 0 Å². The fraction of sp³-hybridized carbons (Fsp3) is 0.409. The highest BCUT2D eigenvalue weighted by atomic mass is 32.2. The predicted molar refractivity (Wildman–Crippen MR) is 111 cm³/mol. The zero-order valence-corrected chi connectivity index (χ0v) is 17.8. The van der Waals surface area contributed by atoms with Crippen LogP contribution in [0.4, 0.5) is 5.69 Å². The van der Waals surface area contributed by atoms with E-state index < -0.39 is 9.84 Å². The van der Waals surface area contributed by atoms with Crippen LogP contribution in [0.5, 0.6) is 5.75 Å². The molecule has 0 aliphatic carbocycles. The molecule has 3 rings (SSSR count). The van der Waals surface area contributed by atoms with Crippen molar-refractivity contribution in [2.45, 2.75) is 50.5 Å². The predicted octanol–water partition coefficient (Wildman–Crippen LogP) is 4.42. The molecule has 0 fully saturated rings. The Morgan fingerprint density at radius 2 is 1.82 bits per heavy atom. The van der Waals surface area contributed by atoms with Crippen molar-refractivity contribution in [3.05, 3.63) is 53.6 Å². The van der Waals surface area contributed by atoms with Crippen molar-refractivity contribution in [3.8, 4) is 5.75 Å². The van der Waals surface area contributed by atoms with Gasteiger partial charge in [-0.1, -0.05) is 6.92 Å². The number of carbonyl (C=O) groups excluding carboxylic acids is 1. The molecule has 0 saturated heterocycles. The van der Waals surface area contributed by atoms with Crippen LogP contribution in [0.2, 0.25) is 0 Å². The van der Waals surface area contributed by atoms with Gasteiger partial charge in [-0.3, -0.25) is 4.79 Å². The van der Waals surface area contributed by atoms with Gasteiger partial charge in [0, 0.05) is 23.0 Å². The SMILES string of the molecule is CCOc1ccc2c(c1)C(C)CC(C)(C)N2C(=O)c1ccc(S(C)(=O)=O)cc1. The van der Waals surface area contributed by atoms with Crippen molar-refractivity contribution in [1.82, 2.24) is 0 Å². The van der Waals surface area contributed by atoms with Crippen LogP contribution in [0.3, 0.4) is 0 Å². The van der Waals surface area contributed by atoms with Crippen molar-refractivity contribution in [1.29, 1.82) is 0 Å². The number of sulfone groups is 1. The van der Waals surface area contributed by atoms with Gasteiger partial charge in [0.05, 0.1) is 11.5 Å². The van der Waals surface area contributed by atoms with Crippen molar-refractivity contribution in [3.63, 3.8) is 0 Å². The molecule has 6 heteroatoms. The summed E-state index contributed by atoms with van der Waals surface area (Å²) in [6, 6.07) is 12.0. The van der Waals surface area contributed by atoms with Gasteiger partial charge in [-0.2, -0.15) is 0 Å². The summed E-state index contributed by atoms with van der Waals surface area (Å²) < 4.78 is 29.0. The van der Waals surface area contributed by atoms with E-state index in [0.29, 0.717) is 18.1 Å². The van der Waals surface area contributed by atoms with Gasteiger partial charge in [-0.05, 0) is 81.1 Å². The standard InChI is InChI=1S/C22H27NO4S/c1-6-27-17-9-12-20-19(13-17)15(2)14-22(3,4)23(20)21(24)16-7-10-18(11-8-16)28(5,25)26/h7-13,15H,6,14H2,1-5H3. The van der Waals surface area contributed by atoms with Crippen LogP contribution in [-0.4, -0.2) is 32.7 Å². The first-order valence-electron chi connectivity index (χ1n) is 9.46. The fourth-order valence-corrected chi connectivity index (χ4v) is 4.65. The molecular formula is C22H27NO4S. The van der Waals surface area contributed by atoms with E-state index in [0.717, 1.165) is 29.7 Å². The van der Waals surface area contributed by atoms with Crippen LogP contribution in [0.15, 0.2) is 47.4 Å². The lowest BCUT2D eigenvalue weighted by atomic mass is 9.79. The number of anilines is 1. The molecule has 0 radical (unpaired) electrons. The second kappa shape index (κ2) is 7.24. The second-order valence-electron chi connectivity index (χ2n) is 8.01. The molecule has 5 nitrogen and oxygen atoms in total. The van der Waals surface area contributed by atoms with Crippen LogP contribution in [0.1, 0.15) is 56.0 Å². The van der Waals surface area contributed by atoms with Gasteiger partial charge in [0.15, 0.2) is 9.84 Å². The Balaban J connectivity index is 2.04. The summed E-state index contributed by atoms with van der Waals surface area (Å²) in [4.78, 5) is 15.4. The van der Waals surface area contributed by atoms with Crippen LogP contribution in [-0.2, 0) is 9.84 Å². The molecule has 1 aliphatic heterocycles. The average Bonchev–Trinajstić information content (AvgIpc) is 2.61. The van der Waals surface area contributed by atoms with E-state index in [2.05, 4.69) is 20.8 Å². The van der Waals surface area contributed by atoms with Crippen molar-refractivity contribution < 1.29 is 17.9 Å². The molecule has 0 N–H and O–H groups in total. The maximum Gasteiger partial charge on any atom is 0.258 e. The summed E-state index contributed by atoms with van der Waals surface area (Å²) in [6.45, 7) is 8.83. The zero-order valence-electron chi connectivity index (χ0n) is 17.0. The summed E-state index contributed by atoms with van der Waals surface area (Å²) in [5, 5.41) is 0. The summed E-state index contributed by atoms with van der Waals surface area (Å²) in [5.41, 5.74) is 2.07. The van der Waals surface area contributed by atoms with Crippen LogP contribution < -0.4 is 9.64 Å². The highest BCUT2D eigenvalue weighted by molar-refractivity contribution is 7.90. The Bertz CT molecular complexity index is 994. The number of amides is 1. The molecule has 28 heavy (non-hydrogen) atoms. The number of hydrogen-bond donors (Lipinski definition) is 0. The first-order valence-corrected chi connectivity index (χ1v) is 11.3.